The monoisotopic (exact) mass is 458 g/mol. The number of aliphatic hydroxyl groups excluding tert-OH is 1. The van der Waals surface area contributed by atoms with E-state index in [1.807, 2.05) is 6.92 Å². The van der Waals surface area contributed by atoms with Crippen LogP contribution in [0.5, 0.6) is 5.75 Å². The summed E-state index contributed by atoms with van der Waals surface area (Å²) in [5, 5.41) is 11.2. The minimum absolute atomic E-state index is 0.00900. The van der Waals surface area contributed by atoms with Crippen LogP contribution in [-0.4, -0.2) is 39.3 Å². The number of hydrogen-bond donors (Lipinski definition) is 1. The van der Waals surface area contributed by atoms with Crippen LogP contribution in [0.2, 0.25) is 0 Å². The second kappa shape index (κ2) is 8.74. The van der Waals surface area contributed by atoms with Gasteiger partial charge in [0.1, 0.15) is 29.5 Å². The predicted octanol–water partition coefficient (Wildman–Crippen LogP) is 4.21. The van der Waals surface area contributed by atoms with E-state index in [1.165, 1.54) is 17.0 Å². The van der Waals surface area contributed by atoms with Crippen LogP contribution in [0.3, 0.4) is 0 Å². The molecule has 1 saturated heterocycles. The van der Waals surface area contributed by atoms with Crippen molar-refractivity contribution in [3.8, 4) is 5.75 Å². The van der Waals surface area contributed by atoms with Crippen molar-refractivity contribution in [2.24, 2.45) is 0 Å². The number of pyridine rings is 1. The van der Waals surface area contributed by atoms with Gasteiger partial charge in [0.05, 0.1) is 11.3 Å². The van der Waals surface area contributed by atoms with Gasteiger partial charge >= 0.3 is 0 Å². The third-order valence-corrected chi connectivity index (χ3v) is 6.23. The van der Waals surface area contributed by atoms with Gasteiger partial charge in [-0.05, 0) is 66.9 Å². The molecular formula is C27H23FN2O4. The second-order valence-electron chi connectivity index (χ2n) is 8.58. The van der Waals surface area contributed by atoms with Gasteiger partial charge in [-0.2, -0.15) is 0 Å². The molecule has 0 radical (unpaired) electrons. The topological polar surface area (TPSA) is 79.7 Å². The Labute approximate surface area is 196 Å². The van der Waals surface area contributed by atoms with Crippen molar-refractivity contribution >= 4 is 17.4 Å². The molecule has 2 aromatic carbocycles. The summed E-state index contributed by atoms with van der Waals surface area (Å²) in [5.41, 5.74) is 2.72. The Balaban J connectivity index is 1.54. The fraction of sp³-hybridized carbons (Fsp3) is 0.222. The first-order valence-electron chi connectivity index (χ1n) is 11.2. The van der Waals surface area contributed by atoms with Gasteiger partial charge in [-0.3, -0.25) is 14.6 Å². The standard InChI is InChI=1S/C27H23FN2O4/c1-16-14-19-15-18(7-10-22(19)34-16)25(31)23-24(21-4-2-3-12-29-21)30(27(33)26(23)32)13-11-17-5-8-20(28)9-6-17/h2-10,12,15-16,24,31H,11,13-14H2,1H3/b25-23-. The lowest BCUT2D eigenvalue weighted by Crippen LogP contribution is -2.32. The van der Waals surface area contributed by atoms with E-state index in [1.54, 1.807) is 54.7 Å². The number of aromatic nitrogens is 1. The van der Waals surface area contributed by atoms with Crippen LogP contribution in [0.1, 0.15) is 35.3 Å². The number of rotatable bonds is 5. The van der Waals surface area contributed by atoms with E-state index in [-0.39, 0.29) is 29.8 Å². The van der Waals surface area contributed by atoms with Crippen molar-refractivity contribution in [1.82, 2.24) is 9.88 Å². The lowest BCUT2D eigenvalue weighted by Gasteiger charge is -2.24. The van der Waals surface area contributed by atoms with Gasteiger partial charge in [-0.1, -0.05) is 18.2 Å². The molecule has 1 amide bonds. The van der Waals surface area contributed by atoms with E-state index < -0.39 is 17.7 Å². The first kappa shape index (κ1) is 21.8. The highest BCUT2D eigenvalue weighted by Crippen LogP contribution is 2.40. The normalized spacial score (nSPS) is 20.9. The highest BCUT2D eigenvalue weighted by atomic mass is 19.1. The summed E-state index contributed by atoms with van der Waals surface area (Å²) in [6, 6.07) is 15.7. The Kier molecular flexibility index (Phi) is 5.61. The number of likely N-dealkylation sites (tertiary alicyclic amines) is 1. The Bertz CT molecular complexity index is 1290. The SMILES string of the molecule is CC1Cc2cc(/C(O)=C3/C(=O)C(=O)N(CCc4ccc(F)cc4)C3c3ccccn3)ccc2O1. The number of benzene rings is 2. The maximum absolute atomic E-state index is 13.3. The second-order valence-corrected chi connectivity index (χ2v) is 8.58. The van der Waals surface area contributed by atoms with Gasteiger partial charge in [-0.15, -0.1) is 0 Å². The molecule has 2 atom stereocenters. The molecule has 0 spiro atoms. The van der Waals surface area contributed by atoms with Gasteiger partial charge in [0.25, 0.3) is 11.7 Å². The first-order valence-corrected chi connectivity index (χ1v) is 11.2. The maximum Gasteiger partial charge on any atom is 0.295 e. The molecule has 5 rings (SSSR count). The van der Waals surface area contributed by atoms with Gasteiger partial charge in [0.15, 0.2) is 0 Å². The van der Waals surface area contributed by atoms with Crippen molar-refractivity contribution in [3.05, 3.63) is 101 Å². The van der Waals surface area contributed by atoms with Gasteiger partial charge in [0.2, 0.25) is 0 Å². The van der Waals surface area contributed by atoms with E-state index in [2.05, 4.69) is 4.98 Å². The van der Waals surface area contributed by atoms with Crippen LogP contribution in [0.15, 0.2) is 72.4 Å². The fourth-order valence-corrected chi connectivity index (χ4v) is 4.58. The third-order valence-electron chi connectivity index (χ3n) is 6.23. The molecule has 2 aliphatic rings. The lowest BCUT2D eigenvalue weighted by molar-refractivity contribution is -0.139. The molecule has 7 heteroatoms. The molecule has 0 aliphatic carbocycles. The third kappa shape index (κ3) is 3.94. The minimum Gasteiger partial charge on any atom is -0.507 e. The average molecular weight is 458 g/mol. The molecule has 34 heavy (non-hydrogen) atoms. The predicted molar refractivity (Wildman–Crippen MR) is 124 cm³/mol. The number of hydrogen-bond acceptors (Lipinski definition) is 5. The number of ether oxygens (including phenoxy) is 1. The minimum atomic E-state index is -0.829. The molecule has 2 unspecified atom stereocenters. The summed E-state index contributed by atoms with van der Waals surface area (Å²) < 4.78 is 19.0. The molecule has 172 valence electrons. The first-order chi connectivity index (χ1) is 16.4. The van der Waals surface area contributed by atoms with Crippen molar-refractivity contribution in [2.75, 3.05) is 6.54 Å². The Morgan fingerprint density at radius 1 is 1.15 bits per heavy atom. The highest BCUT2D eigenvalue weighted by molar-refractivity contribution is 6.46. The number of halogens is 1. The molecule has 0 saturated carbocycles. The van der Waals surface area contributed by atoms with E-state index >= 15 is 0 Å². The summed E-state index contributed by atoms with van der Waals surface area (Å²) in [6.45, 7) is 2.18. The van der Waals surface area contributed by atoms with Gasteiger partial charge in [0, 0.05) is 24.7 Å². The van der Waals surface area contributed by atoms with E-state index in [9.17, 15) is 19.1 Å². The van der Waals surface area contributed by atoms with Crippen molar-refractivity contribution in [3.63, 3.8) is 0 Å². The van der Waals surface area contributed by atoms with E-state index in [0.29, 0.717) is 24.1 Å². The molecular weight excluding hydrogens is 435 g/mol. The Morgan fingerprint density at radius 3 is 2.68 bits per heavy atom. The molecule has 2 aliphatic heterocycles. The molecule has 3 aromatic rings. The smallest absolute Gasteiger partial charge is 0.295 e. The van der Waals surface area contributed by atoms with Crippen molar-refractivity contribution < 1.29 is 23.8 Å². The number of ketones is 1. The lowest BCUT2D eigenvalue weighted by atomic mass is 9.97. The number of carbonyl (C=O) groups is 2. The number of Topliss-reactive ketones (excluding diaryl/α,β-unsaturated/α-hetero) is 1. The molecule has 3 heterocycles. The molecule has 0 bridgehead atoms. The maximum atomic E-state index is 13.3. The number of amides is 1. The summed E-state index contributed by atoms with van der Waals surface area (Å²) >= 11 is 0. The molecule has 1 fully saturated rings. The summed E-state index contributed by atoms with van der Waals surface area (Å²) in [4.78, 5) is 32.0. The van der Waals surface area contributed by atoms with Crippen LogP contribution < -0.4 is 4.74 Å². The number of fused-ring (bicyclic) bond motifs is 1. The Morgan fingerprint density at radius 2 is 1.94 bits per heavy atom. The summed E-state index contributed by atoms with van der Waals surface area (Å²) in [5.74, 6) is -1.27. The van der Waals surface area contributed by atoms with E-state index in [4.69, 9.17) is 4.74 Å². The fourth-order valence-electron chi connectivity index (χ4n) is 4.58. The largest absolute Gasteiger partial charge is 0.507 e. The van der Waals surface area contributed by atoms with Crippen LogP contribution >= 0.6 is 0 Å². The average Bonchev–Trinajstić information content (AvgIpc) is 3.34. The quantitative estimate of drug-likeness (QED) is 0.352. The van der Waals surface area contributed by atoms with Crippen LogP contribution in [0.25, 0.3) is 5.76 Å². The Hall–Kier alpha value is -4.00. The van der Waals surface area contributed by atoms with Crippen LogP contribution in [-0.2, 0) is 22.4 Å². The van der Waals surface area contributed by atoms with Gasteiger partial charge in [-0.25, -0.2) is 4.39 Å². The highest BCUT2D eigenvalue weighted by Gasteiger charge is 2.46. The van der Waals surface area contributed by atoms with Crippen LogP contribution in [0.4, 0.5) is 4.39 Å². The number of carbonyl (C=O) groups excluding carboxylic acids is 2. The van der Waals surface area contributed by atoms with Crippen molar-refractivity contribution in [1.29, 1.82) is 0 Å². The van der Waals surface area contributed by atoms with Crippen LogP contribution in [0, 0.1) is 5.82 Å². The summed E-state index contributed by atoms with van der Waals surface area (Å²) in [6.07, 6.45) is 2.75. The number of aliphatic hydroxyl groups is 1. The molecule has 1 aromatic heterocycles. The zero-order chi connectivity index (χ0) is 23.8. The van der Waals surface area contributed by atoms with Gasteiger partial charge < -0.3 is 14.7 Å². The zero-order valence-corrected chi connectivity index (χ0v) is 18.6. The zero-order valence-electron chi connectivity index (χ0n) is 18.6. The van der Waals surface area contributed by atoms with E-state index in [0.717, 1.165) is 16.9 Å². The molecule has 6 nitrogen and oxygen atoms in total. The summed E-state index contributed by atoms with van der Waals surface area (Å²) in [7, 11) is 0. The van der Waals surface area contributed by atoms with Crippen molar-refractivity contribution in [2.45, 2.75) is 31.9 Å². The number of nitrogens with zero attached hydrogens (tertiary/aromatic N) is 2. The molecule has 1 N–H and O–H groups in total.